The Kier molecular flexibility index (Phi) is 7.65. The molecule has 6 nitrogen and oxygen atoms in total. The molecule has 3 rings (SSSR count). The molecule has 2 amide bonds. The number of carbonyl (C=O) groups is 2. The molecule has 0 bridgehead atoms. The van der Waals surface area contributed by atoms with E-state index in [9.17, 15) is 9.59 Å². The molecule has 158 valence electrons. The fourth-order valence-electron chi connectivity index (χ4n) is 3.04. The second kappa shape index (κ2) is 10.4. The van der Waals surface area contributed by atoms with Crippen molar-refractivity contribution >= 4 is 40.1 Å². The number of benzene rings is 2. The summed E-state index contributed by atoms with van der Waals surface area (Å²) in [6.45, 7) is 5.09. The van der Waals surface area contributed by atoms with E-state index in [1.807, 2.05) is 62.4 Å². The highest BCUT2D eigenvalue weighted by Crippen LogP contribution is 2.32. The Balaban J connectivity index is 1.71. The zero-order valence-electron chi connectivity index (χ0n) is 17.6. The third-order valence-electron chi connectivity index (χ3n) is 4.72. The summed E-state index contributed by atoms with van der Waals surface area (Å²) in [5, 5.41) is 3.02. The molecule has 7 heteroatoms. The molecule has 0 saturated carbocycles. The van der Waals surface area contributed by atoms with Crippen molar-refractivity contribution in [3.8, 4) is 0 Å². The van der Waals surface area contributed by atoms with Crippen LogP contribution in [0.4, 0.5) is 11.4 Å². The van der Waals surface area contributed by atoms with E-state index in [2.05, 4.69) is 10.3 Å². The van der Waals surface area contributed by atoms with Gasteiger partial charge in [0.05, 0.1) is 5.69 Å². The number of methoxy groups -OCH3 is 1. The topological polar surface area (TPSA) is 71.0 Å². The van der Waals surface area contributed by atoms with Crippen LogP contribution >= 0.6 is 11.8 Å². The summed E-state index contributed by atoms with van der Waals surface area (Å²) in [5.74, 6) is -0.265. The molecular weight excluding hydrogens is 398 g/mol. The van der Waals surface area contributed by atoms with Gasteiger partial charge in [-0.2, -0.15) is 0 Å². The van der Waals surface area contributed by atoms with E-state index in [0.717, 1.165) is 22.5 Å². The number of carbonyl (C=O) groups excluding carboxylic acids is 2. The molecule has 0 aromatic heterocycles. The molecule has 2 aromatic rings. The van der Waals surface area contributed by atoms with Gasteiger partial charge in [-0.25, -0.2) is 4.99 Å². The fraction of sp³-hybridized carbons (Fsp3) is 0.348. The van der Waals surface area contributed by atoms with Gasteiger partial charge in [0.1, 0.15) is 5.25 Å². The number of hydrogen-bond acceptors (Lipinski definition) is 5. The lowest BCUT2D eigenvalue weighted by molar-refractivity contribution is -0.128. The van der Waals surface area contributed by atoms with Crippen molar-refractivity contribution in [2.75, 3.05) is 25.6 Å². The van der Waals surface area contributed by atoms with Crippen molar-refractivity contribution in [3.05, 3.63) is 59.7 Å². The highest BCUT2D eigenvalue weighted by atomic mass is 32.2. The minimum atomic E-state index is -0.484. The maximum atomic E-state index is 13.0. The summed E-state index contributed by atoms with van der Waals surface area (Å²) in [5.41, 5.74) is 3.79. The van der Waals surface area contributed by atoms with Crippen LogP contribution in [0.25, 0.3) is 0 Å². The molecule has 0 radical (unpaired) electrons. The van der Waals surface area contributed by atoms with Crippen molar-refractivity contribution in [3.63, 3.8) is 0 Å². The van der Waals surface area contributed by atoms with Gasteiger partial charge in [-0.3, -0.25) is 14.5 Å². The Morgan fingerprint density at radius 2 is 1.73 bits per heavy atom. The number of hydrogen-bond donors (Lipinski definition) is 1. The summed E-state index contributed by atoms with van der Waals surface area (Å²) >= 11 is 1.35. The number of aryl methyl sites for hydroxylation is 2. The van der Waals surface area contributed by atoms with Crippen molar-refractivity contribution in [1.29, 1.82) is 0 Å². The third kappa shape index (κ3) is 5.93. The van der Waals surface area contributed by atoms with Gasteiger partial charge in [-0.15, -0.1) is 0 Å². The van der Waals surface area contributed by atoms with Crippen LogP contribution in [0.15, 0.2) is 53.5 Å². The first-order valence-corrected chi connectivity index (χ1v) is 10.8. The number of anilines is 1. The van der Waals surface area contributed by atoms with Gasteiger partial charge < -0.3 is 10.1 Å². The van der Waals surface area contributed by atoms with E-state index in [4.69, 9.17) is 4.74 Å². The van der Waals surface area contributed by atoms with Crippen molar-refractivity contribution in [2.24, 2.45) is 4.99 Å². The van der Waals surface area contributed by atoms with Crippen LogP contribution in [-0.2, 0) is 14.3 Å². The molecule has 1 atom stereocenters. The molecule has 1 N–H and O–H groups in total. The fourth-order valence-corrected chi connectivity index (χ4v) is 4.23. The van der Waals surface area contributed by atoms with Gasteiger partial charge in [0.15, 0.2) is 5.17 Å². The van der Waals surface area contributed by atoms with E-state index in [1.54, 1.807) is 12.0 Å². The quantitative estimate of drug-likeness (QED) is 0.640. The Labute approximate surface area is 181 Å². The summed E-state index contributed by atoms with van der Waals surface area (Å²) in [4.78, 5) is 31.9. The predicted molar refractivity (Wildman–Crippen MR) is 122 cm³/mol. The molecule has 1 fully saturated rings. The number of nitrogens with one attached hydrogen (secondary N) is 1. The van der Waals surface area contributed by atoms with Gasteiger partial charge in [0, 0.05) is 32.4 Å². The lowest BCUT2D eigenvalue weighted by atomic mass is 10.2. The molecule has 1 heterocycles. The Morgan fingerprint density at radius 1 is 1.10 bits per heavy atom. The second-order valence-corrected chi connectivity index (χ2v) is 8.46. The number of thioether (sulfide) groups is 1. The van der Waals surface area contributed by atoms with Crippen LogP contribution < -0.4 is 5.32 Å². The van der Waals surface area contributed by atoms with Crippen LogP contribution in [0, 0.1) is 13.8 Å². The zero-order valence-corrected chi connectivity index (χ0v) is 18.4. The standard InChI is InChI=1S/C23H27N3O3S/c1-16-5-9-18(10-6-16)24-21(27)15-20-22(28)26(13-4-14-29-3)23(30-20)25-19-11-7-17(2)8-12-19/h5-12,20H,4,13-15H2,1-3H3,(H,24,27)/t20-/m0/s1. The van der Waals surface area contributed by atoms with E-state index >= 15 is 0 Å². The number of ether oxygens (including phenoxy) is 1. The third-order valence-corrected chi connectivity index (χ3v) is 5.89. The molecule has 0 aliphatic carbocycles. The average Bonchev–Trinajstić information content (AvgIpc) is 3.00. The molecule has 0 unspecified atom stereocenters. The van der Waals surface area contributed by atoms with Crippen LogP contribution in [0.5, 0.6) is 0 Å². The number of rotatable bonds is 8. The molecule has 1 aliphatic rings. The molecule has 2 aromatic carbocycles. The van der Waals surface area contributed by atoms with Crippen molar-refractivity contribution in [2.45, 2.75) is 31.9 Å². The molecule has 1 saturated heterocycles. The van der Waals surface area contributed by atoms with Gasteiger partial charge in [-0.05, 0) is 44.5 Å². The highest BCUT2D eigenvalue weighted by molar-refractivity contribution is 8.15. The lowest BCUT2D eigenvalue weighted by Gasteiger charge is -2.16. The lowest BCUT2D eigenvalue weighted by Crippen LogP contribution is -2.34. The molecule has 30 heavy (non-hydrogen) atoms. The minimum absolute atomic E-state index is 0.0824. The normalized spacial score (nSPS) is 17.6. The average molecular weight is 426 g/mol. The predicted octanol–water partition coefficient (Wildman–Crippen LogP) is 4.30. The van der Waals surface area contributed by atoms with Crippen LogP contribution in [0.1, 0.15) is 24.0 Å². The van der Waals surface area contributed by atoms with Gasteiger partial charge in [0.25, 0.3) is 0 Å². The van der Waals surface area contributed by atoms with E-state index < -0.39 is 5.25 Å². The Bertz CT molecular complexity index is 910. The first kappa shape index (κ1) is 22.1. The summed E-state index contributed by atoms with van der Waals surface area (Å²) in [6, 6.07) is 15.4. The minimum Gasteiger partial charge on any atom is -0.385 e. The number of amidine groups is 1. The van der Waals surface area contributed by atoms with Crippen molar-refractivity contribution < 1.29 is 14.3 Å². The number of amides is 2. The Morgan fingerprint density at radius 3 is 2.37 bits per heavy atom. The summed E-state index contributed by atoms with van der Waals surface area (Å²) in [6.07, 6.45) is 0.809. The molecule has 1 aliphatic heterocycles. The van der Waals surface area contributed by atoms with E-state index in [-0.39, 0.29) is 18.2 Å². The first-order chi connectivity index (χ1) is 14.5. The number of nitrogens with zero attached hydrogens (tertiary/aromatic N) is 2. The SMILES string of the molecule is COCCCN1C(=O)[C@H](CC(=O)Nc2ccc(C)cc2)SC1=Nc1ccc(C)cc1. The van der Waals surface area contributed by atoms with Gasteiger partial charge in [0.2, 0.25) is 11.8 Å². The molecular formula is C23H27N3O3S. The van der Waals surface area contributed by atoms with E-state index in [0.29, 0.717) is 24.7 Å². The second-order valence-electron chi connectivity index (χ2n) is 7.29. The zero-order chi connectivity index (χ0) is 21.5. The largest absolute Gasteiger partial charge is 0.385 e. The van der Waals surface area contributed by atoms with Crippen LogP contribution in [-0.4, -0.2) is 47.4 Å². The van der Waals surface area contributed by atoms with Crippen molar-refractivity contribution in [1.82, 2.24) is 4.90 Å². The molecule has 0 spiro atoms. The van der Waals surface area contributed by atoms with Gasteiger partial charge in [-0.1, -0.05) is 47.2 Å². The monoisotopic (exact) mass is 425 g/mol. The van der Waals surface area contributed by atoms with Crippen LogP contribution in [0.2, 0.25) is 0 Å². The van der Waals surface area contributed by atoms with Gasteiger partial charge >= 0.3 is 0 Å². The maximum absolute atomic E-state index is 13.0. The Hall–Kier alpha value is -2.64. The van der Waals surface area contributed by atoms with Crippen LogP contribution in [0.3, 0.4) is 0 Å². The maximum Gasteiger partial charge on any atom is 0.242 e. The van der Waals surface area contributed by atoms with E-state index in [1.165, 1.54) is 11.8 Å². The highest BCUT2D eigenvalue weighted by Gasteiger charge is 2.38. The number of aliphatic imine (C=N–C) groups is 1. The summed E-state index contributed by atoms with van der Waals surface area (Å²) < 4.78 is 5.12. The first-order valence-electron chi connectivity index (χ1n) is 9.95. The smallest absolute Gasteiger partial charge is 0.242 e. The summed E-state index contributed by atoms with van der Waals surface area (Å²) in [7, 11) is 1.64.